The van der Waals surface area contributed by atoms with Gasteiger partial charge in [0.1, 0.15) is 0 Å². The van der Waals surface area contributed by atoms with Crippen molar-refractivity contribution in [1.82, 2.24) is 0 Å². The van der Waals surface area contributed by atoms with Crippen LogP contribution in [0.3, 0.4) is 0 Å². The molecule has 0 saturated heterocycles. The van der Waals surface area contributed by atoms with Crippen molar-refractivity contribution in [2.75, 3.05) is 4.72 Å². The molecule has 5 heteroatoms. The third-order valence-electron chi connectivity index (χ3n) is 3.67. The molecule has 1 atom stereocenters. The molecular formula is C18H20ClNO2S. The van der Waals surface area contributed by atoms with Gasteiger partial charge in [0.2, 0.25) is 0 Å². The Morgan fingerprint density at radius 1 is 1.13 bits per heavy atom. The Kier molecular flexibility index (Phi) is 5.85. The molecule has 0 bridgehead atoms. The number of halogens is 1. The van der Waals surface area contributed by atoms with Crippen LogP contribution in [0.15, 0.2) is 53.9 Å². The van der Waals surface area contributed by atoms with Crippen LogP contribution in [-0.4, -0.2) is 8.42 Å². The van der Waals surface area contributed by atoms with E-state index >= 15 is 0 Å². The van der Waals surface area contributed by atoms with Gasteiger partial charge in [-0.05, 0) is 47.7 Å². The second-order valence-electron chi connectivity index (χ2n) is 5.40. The molecule has 0 aliphatic rings. The number of nitrogens with one attached hydrogen (secondary N) is 1. The van der Waals surface area contributed by atoms with Crippen molar-refractivity contribution >= 4 is 33.4 Å². The molecule has 0 fully saturated rings. The Morgan fingerprint density at radius 2 is 1.78 bits per heavy atom. The highest BCUT2D eigenvalue weighted by Crippen LogP contribution is 2.27. The predicted octanol–water partition coefficient (Wildman–Crippen LogP) is 5.27. The Morgan fingerprint density at radius 3 is 2.43 bits per heavy atom. The highest BCUT2D eigenvalue weighted by Gasteiger charge is 2.12. The smallest absolute Gasteiger partial charge is 0.255 e. The van der Waals surface area contributed by atoms with Crippen molar-refractivity contribution in [1.29, 1.82) is 0 Å². The summed E-state index contributed by atoms with van der Waals surface area (Å²) in [5.74, 6) is 0.286. The van der Waals surface area contributed by atoms with Crippen LogP contribution in [0.5, 0.6) is 0 Å². The summed E-state index contributed by atoms with van der Waals surface area (Å²) >= 11 is 5.82. The molecule has 23 heavy (non-hydrogen) atoms. The summed E-state index contributed by atoms with van der Waals surface area (Å²) < 4.78 is 27.2. The summed E-state index contributed by atoms with van der Waals surface area (Å²) in [6, 6.07) is 14.5. The summed E-state index contributed by atoms with van der Waals surface area (Å²) in [5, 5.41) is 1.79. The lowest BCUT2D eigenvalue weighted by molar-refractivity contribution is 0.609. The van der Waals surface area contributed by atoms with Gasteiger partial charge in [0.15, 0.2) is 0 Å². The fourth-order valence-corrected chi connectivity index (χ4v) is 3.19. The van der Waals surface area contributed by atoms with Gasteiger partial charge in [0.05, 0.1) is 11.1 Å². The zero-order valence-corrected chi connectivity index (χ0v) is 14.7. The molecule has 0 saturated carbocycles. The first-order chi connectivity index (χ1) is 10.9. The molecule has 0 aliphatic heterocycles. The van der Waals surface area contributed by atoms with Gasteiger partial charge in [0.25, 0.3) is 10.0 Å². The Bertz CT molecular complexity index is 783. The molecule has 2 rings (SSSR count). The quantitative estimate of drug-likeness (QED) is 0.772. The summed E-state index contributed by atoms with van der Waals surface area (Å²) in [6.07, 6.45) is 2.49. The summed E-state index contributed by atoms with van der Waals surface area (Å²) in [6.45, 7) is 4.16. The molecule has 3 nitrogen and oxygen atoms in total. The third-order valence-corrected chi connectivity index (χ3v) is 4.92. The van der Waals surface area contributed by atoms with Gasteiger partial charge in [0, 0.05) is 5.02 Å². The van der Waals surface area contributed by atoms with Gasteiger partial charge in [-0.1, -0.05) is 55.8 Å². The highest BCUT2D eigenvalue weighted by molar-refractivity contribution is 7.95. The number of hydrogen-bond donors (Lipinski definition) is 1. The lowest BCUT2D eigenvalue weighted by Crippen LogP contribution is -2.11. The minimum Gasteiger partial charge on any atom is -0.280 e. The average molecular weight is 350 g/mol. The lowest BCUT2D eigenvalue weighted by atomic mass is 9.97. The number of sulfonamides is 1. The molecule has 0 spiro atoms. The normalized spacial score (nSPS) is 13.2. The van der Waals surface area contributed by atoms with E-state index in [1.54, 1.807) is 36.4 Å². The Balaban J connectivity index is 2.20. The second-order valence-corrected chi connectivity index (χ2v) is 7.40. The van der Waals surface area contributed by atoms with Gasteiger partial charge < -0.3 is 0 Å². The van der Waals surface area contributed by atoms with Crippen LogP contribution >= 0.6 is 11.6 Å². The van der Waals surface area contributed by atoms with Crippen molar-refractivity contribution in [3.63, 3.8) is 0 Å². The molecule has 0 aromatic heterocycles. The topological polar surface area (TPSA) is 46.2 Å². The van der Waals surface area contributed by atoms with Gasteiger partial charge >= 0.3 is 0 Å². The van der Waals surface area contributed by atoms with Crippen LogP contribution in [0.1, 0.15) is 37.3 Å². The second kappa shape index (κ2) is 7.66. The third kappa shape index (κ3) is 5.12. The maximum Gasteiger partial charge on any atom is 0.255 e. The standard InChI is InChI=1S/C18H20ClNO2S/c1-3-14(2)17-6-4-5-7-18(17)20-23(21,22)13-12-15-8-10-16(19)11-9-15/h4-14,20H,3H2,1-2H3/b13-12+/t14-/m0/s1. The summed E-state index contributed by atoms with van der Waals surface area (Å²) in [5.41, 5.74) is 2.40. The predicted molar refractivity (Wildman–Crippen MR) is 98.2 cm³/mol. The number of hydrogen-bond acceptors (Lipinski definition) is 2. The van der Waals surface area contributed by atoms with E-state index in [0.29, 0.717) is 10.7 Å². The summed E-state index contributed by atoms with van der Waals surface area (Å²) in [4.78, 5) is 0. The van der Waals surface area contributed by atoms with Crippen molar-refractivity contribution in [2.24, 2.45) is 0 Å². The number of rotatable bonds is 6. The van der Waals surface area contributed by atoms with E-state index in [2.05, 4.69) is 18.6 Å². The van der Waals surface area contributed by atoms with Gasteiger partial charge in [-0.25, -0.2) is 8.42 Å². The van der Waals surface area contributed by atoms with Crippen molar-refractivity contribution in [2.45, 2.75) is 26.2 Å². The minimum absolute atomic E-state index is 0.286. The van der Waals surface area contributed by atoms with E-state index in [0.717, 1.165) is 17.5 Å². The lowest BCUT2D eigenvalue weighted by Gasteiger charge is -2.15. The van der Waals surface area contributed by atoms with Gasteiger partial charge in [-0.15, -0.1) is 0 Å². The zero-order chi connectivity index (χ0) is 16.9. The monoisotopic (exact) mass is 349 g/mol. The molecule has 0 radical (unpaired) electrons. The largest absolute Gasteiger partial charge is 0.280 e. The van der Waals surface area contributed by atoms with Crippen LogP contribution in [0, 0.1) is 0 Å². The molecule has 0 amide bonds. The van der Waals surface area contributed by atoms with E-state index in [-0.39, 0.29) is 5.92 Å². The fourth-order valence-electron chi connectivity index (χ4n) is 2.17. The summed E-state index contributed by atoms with van der Waals surface area (Å²) in [7, 11) is -3.57. The molecule has 0 unspecified atom stereocenters. The molecule has 2 aromatic rings. The van der Waals surface area contributed by atoms with Crippen LogP contribution in [0.4, 0.5) is 5.69 Å². The zero-order valence-electron chi connectivity index (χ0n) is 13.2. The average Bonchev–Trinajstić information content (AvgIpc) is 2.54. The molecule has 1 N–H and O–H groups in total. The fraction of sp³-hybridized carbons (Fsp3) is 0.222. The first-order valence-corrected chi connectivity index (χ1v) is 9.39. The van der Waals surface area contributed by atoms with E-state index < -0.39 is 10.0 Å². The molecule has 0 aliphatic carbocycles. The van der Waals surface area contributed by atoms with Crippen molar-refractivity contribution in [3.8, 4) is 0 Å². The minimum atomic E-state index is -3.57. The van der Waals surface area contributed by atoms with E-state index in [1.165, 1.54) is 5.41 Å². The van der Waals surface area contributed by atoms with Crippen LogP contribution in [0.25, 0.3) is 6.08 Å². The first kappa shape index (κ1) is 17.6. The van der Waals surface area contributed by atoms with Crippen LogP contribution in [-0.2, 0) is 10.0 Å². The van der Waals surface area contributed by atoms with E-state index in [1.807, 2.05) is 18.2 Å². The van der Waals surface area contributed by atoms with Crippen molar-refractivity contribution in [3.05, 3.63) is 70.1 Å². The number of benzene rings is 2. The number of anilines is 1. The Hall–Kier alpha value is -1.78. The van der Waals surface area contributed by atoms with Crippen molar-refractivity contribution < 1.29 is 8.42 Å². The first-order valence-electron chi connectivity index (χ1n) is 7.46. The van der Waals surface area contributed by atoms with Gasteiger partial charge in [-0.3, -0.25) is 4.72 Å². The van der Waals surface area contributed by atoms with Crippen LogP contribution < -0.4 is 4.72 Å². The maximum absolute atomic E-state index is 12.3. The van der Waals surface area contributed by atoms with Gasteiger partial charge in [-0.2, -0.15) is 0 Å². The Labute approximate surface area is 143 Å². The highest BCUT2D eigenvalue weighted by atomic mass is 35.5. The molecular weight excluding hydrogens is 330 g/mol. The van der Waals surface area contributed by atoms with Crippen LogP contribution in [0.2, 0.25) is 5.02 Å². The van der Waals surface area contributed by atoms with E-state index in [9.17, 15) is 8.42 Å². The number of para-hydroxylation sites is 1. The maximum atomic E-state index is 12.3. The molecule has 0 heterocycles. The SMILES string of the molecule is CC[C@H](C)c1ccccc1NS(=O)(=O)/C=C/c1ccc(Cl)cc1. The molecule has 2 aromatic carbocycles. The molecule has 122 valence electrons. The van der Waals surface area contributed by atoms with E-state index in [4.69, 9.17) is 11.6 Å².